The molecule has 6 aliphatic rings. The quantitative estimate of drug-likeness (QED) is 0.643. The van der Waals surface area contributed by atoms with E-state index in [9.17, 15) is 19.2 Å². The van der Waals surface area contributed by atoms with Crippen LogP contribution in [0.15, 0.2) is 0 Å². The lowest BCUT2D eigenvalue weighted by atomic mass is 9.49. The molecule has 1 saturated heterocycles. The smallest absolute Gasteiger partial charge is 0.312 e. The highest BCUT2D eigenvalue weighted by molar-refractivity contribution is 6.35. The standard InChI is InChI=1S/C22H32N4O4/c27-18(25-3-5-26(6-4-25)20(29)19(28)24-17-1-2-17)13-23-21(30)22-10-14-7-15(11-22)9-16(8-14)12-22/h14-17H,1-13H2,(H,23,30)(H,24,28). The first-order chi connectivity index (χ1) is 14.4. The molecule has 30 heavy (non-hydrogen) atoms. The first kappa shape index (κ1) is 19.8. The molecule has 4 bridgehead atoms. The molecule has 1 heterocycles. The molecule has 0 aromatic carbocycles. The largest absolute Gasteiger partial charge is 0.347 e. The van der Waals surface area contributed by atoms with E-state index in [4.69, 9.17) is 0 Å². The Bertz CT molecular complexity index is 719. The molecule has 0 spiro atoms. The number of piperazine rings is 1. The van der Waals surface area contributed by atoms with E-state index in [1.807, 2.05) is 0 Å². The van der Waals surface area contributed by atoms with Crippen LogP contribution in [-0.4, -0.2) is 72.2 Å². The summed E-state index contributed by atoms with van der Waals surface area (Å²) in [5, 5.41) is 5.66. The minimum Gasteiger partial charge on any atom is -0.347 e. The van der Waals surface area contributed by atoms with Gasteiger partial charge in [-0.3, -0.25) is 19.2 Å². The van der Waals surface area contributed by atoms with Crippen LogP contribution in [0.1, 0.15) is 51.4 Å². The lowest BCUT2D eigenvalue weighted by Gasteiger charge is -2.55. The van der Waals surface area contributed by atoms with Crippen LogP contribution >= 0.6 is 0 Å². The Morgan fingerprint density at radius 2 is 1.33 bits per heavy atom. The third kappa shape index (κ3) is 3.81. The molecule has 6 rings (SSSR count). The highest BCUT2D eigenvalue weighted by Gasteiger charge is 2.54. The third-order valence-corrected chi connectivity index (χ3v) is 7.95. The van der Waals surface area contributed by atoms with E-state index < -0.39 is 11.8 Å². The maximum Gasteiger partial charge on any atom is 0.312 e. The van der Waals surface area contributed by atoms with Gasteiger partial charge in [-0.05, 0) is 69.1 Å². The second-order valence-electron chi connectivity index (χ2n) is 10.3. The van der Waals surface area contributed by atoms with Crippen molar-refractivity contribution in [3.63, 3.8) is 0 Å². The van der Waals surface area contributed by atoms with Crippen molar-refractivity contribution in [2.75, 3.05) is 32.7 Å². The molecule has 164 valence electrons. The highest BCUT2D eigenvalue weighted by atomic mass is 16.2. The van der Waals surface area contributed by atoms with Gasteiger partial charge in [-0.15, -0.1) is 0 Å². The number of nitrogens with zero attached hydrogens (tertiary/aromatic N) is 2. The van der Waals surface area contributed by atoms with E-state index >= 15 is 0 Å². The second-order valence-corrected chi connectivity index (χ2v) is 10.3. The van der Waals surface area contributed by atoms with Gasteiger partial charge in [0, 0.05) is 37.6 Å². The number of carbonyl (C=O) groups excluding carboxylic acids is 4. The molecule has 8 nitrogen and oxygen atoms in total. The topological polar surface area (TPSA) is 98.8 Å². The summed E-state index contributed by atoms with van der Waals surface area (Å²) < 4.78 is 0. The molecule has 4 amide bonds. The maximum absolute atomic E-state index is 13.0. The zero-order valence-electron chi connectivity index (χ0n) is 17.5. The monoisotopic (exact) mass is 416 g/mol. The molecule has 0 aromatic rings. The molecule has 0 unspecified atom stereocenters. The summed E-state index contributed by atoms with van der Waals surface area (Å²) >= 11 is 0. The van der Waals surface area contributed by atoms with Crippen molar-refractivity contribution >= 4 is 23.6 Å². The van der Waals surface area contributed by atoms with Gasteiger partial charge in [0.15, 0.2) is 0 Å². The van der Waals surface area contributed by atoms with E-state index in [2.05, 4.69) is 10.6 Å². The Balaban J connectivity index is 1.08. The van der Waals surface area contributed by atoms with E-state index in [0.29, 0.717) is 43.9 Å². The molecule has 5 aliphatic carbocycles. The van der Waals surface area contributed by atoms with Gasteiger partial charge in [0.2, 0.25) is 11.8 Å². The molecule has 0 atom stereocenters. The molecule has 5 saturated carbocycles. The predicted octanol–water partition coefficient (Wildman–Crippen LogP) is 0.268. The van der Waals surface area contributed by atoms with Gasteiger partial charge < -0.3 is 20.4 Å². The van der Waals surface area contributed by atoms with Gasteiger partial charge in [-0.1, -0.05) is 0 Å². The van der Waals surface area contributed by atoms with Crippen LogP contribution in [0, 0.1) is 23.2 Å². The van der Waals surface area contributed by atoms with Crippen LogP contribution in [0.25, 0.3) is 0 Å². The van der Waals surface area contributed by atoms with Gasteiger partial charge in [0.1, 0.15) is 0 Å². The summed E-state index contributed by atoms with van der Waals surface area (Å²) in [5.41, 5.74) is -0.241. The average Bonchev–Trinajstić information content (AvgIpc) is 3.54. The van der Waals surface area contributed by atoms with Gasteiger partial charge in [-0.25, -0.2) is 0 Å². The summed E-state index contributed by atoms with van der Waals surface area (Å²) in [6.07, 6.45) is 8.70. The number of rotatable bonds is 4. The van der Waals surface area contributed by atoms with Crippen molar-refractivity contribution in [2.45, 2.75) is 57.4 Å². The summed E-state index contributed by atoms with van der Waals surface area (Å²) in [7, 11) is 0. The summed E-state index contributed by atoms with van der Waals surface area (Å²) in [4.78, 5) is 53.0. The Morgan fingerprint density at radius 3 is 1.87 bits per heavy atom. The van der Waals surface area contributed by atoms with Gasteiger partial charge in [0.25, 0.3) is 0 Å². The Hall–Kier alpha value is -2.12. The summed E-state index contributed by atoms with van der Waals surface area (Å²) in [5.74, 6) is 0.994. The molecule has 1 aliphatic heterocycles. The fraction of sp³-hybridized carbons (Fsp3) is 0.818. The highest BCUT2D eigenvalue weighted by Crippen LogP contribution is 2.60. The van der Waals surface area contributed by atoms with E-state index in [0.717, 1.165) is 32.1 Å². The number of nitrogens with one attached hydrogen (secondary N) is 2. The predicted molar refractivity (Wildman–Crippen MR) is 108 cm³/mol. The van der Waals surface area contributed by atoms with Crippen molar-refractivity contribution in [3.05, 3.63) is 0 Å². The fourth-order valence-electron chi connectivity index (χ4n) is 6.62. The van der Waals surface area contributed by atoms with Crippen molar-refractivity contribution in [3.8, 4) is 0 Å². The average molecular weight is 417 g/mol. The minimum absolute atomic E-state index is 0.0245. The number of hydrogen-bond donors (Lipinski definition) is 2. The van der Waals surface area contributed by atoms with Crippen LogP contribution < -0.4 is 10.6 Å². The first-order valence-corrected chi connectivity index (χ1v) is 11.6. The number of amides is 4. The van der Waals surface area contributed by atoms with Gasteiger partial charge in [-0.2, -0.15) is 0 Å². The Morgan fingerprint density at radius 1 is 0.800 bits per heavy atom. The molecule has 8 heteroatoms. The fourth-order valence-corrected chi connectivity index (χ4v) is 6.62. The van der Waals surface area contributed by atoms with Crippen LogP contribution in [0.4, 0.5) is 0 Å². The molecule has 0 radical (unpaired) electrons. The first-order valence-electron chi connectivity index (χ1n) is 11.6. The third-order valence-electron chi connectivity index (χ3n) is 7.95. The molecular weight excluding hydrogens is 384 g/mol. The van der Waals surface area contributed by atoms with Crippen LogP contribution in [0.5, 0.6) is 0 Å². The van der Waals surface area contributed by atoms with Gasteiger partial charge in [0.05, 0.1) is 6.54 Å². The van der Waals surface area contributed by atoms with Gasteiger partial charge >= 0.3 is 11.8 Å². The molecule has 6 fully saturated rings. The molecular formula is C22H32N4O4. The van der Waals surface area contributed by atoms with E-state index in [1.165, 1.54) is 24.2 Å². The summed E-state index contributed by atoms with van der Waals surface area (Å²) in [6.45, 7) is 1.52. The normalized spacial score (nSPS) is 34.6. The maximum atomic E-state index is 13.0. The second kappa shape index (κ2) is 7.54. The van der Waals surface area contributed by atoms with Crippen molar-refractivity contribution in [1.29, 1.82) is 0 Å². The minimum atomic E-state index is -0.542. The van der Waals surface area contributed by atoms with Crippen molar-refractivity contribution < 1.29 is 19.2 Å². The zero-order valence-corrected chi connectivity index (χ0v) is 17.5. The van der Waals surface area contributed by atoms with Crippen LogP contribution in [0.2, 0.25) is 0 Å². The Kier molecular flexibility index (Phi) is 4.98. The Labute approximate surface area is 177 Å². The number of hydrogen-bond acceptors (Lipinski definition) is 4. The SMILES string of the molecule is O=C(NC1CC1)C(=O)N1CCN(C(=O)CNC(=O)C23CC4CC(CC(C4)C2)C3)CC1. The van der Waals surface area contributed by atoms with E-state index in [1.54, 1.807) is 4.90 Å². The zero-order chi connectivity index (χ0) is 20.9. The lowest BCUT2D eigenvalue weighted by Crippen LogP contribution is -2.57. The number of carbonyl (C=O) groups is 4. The lowest BCUT2D eigenvalue weighted by molar-refractivity contribution is -0.150. The van der Waals surface area contributed by atoms with Crippen molar-refractivity contribution in [1.82, 2.24) is 20.4 Å². The van der Waals surface area contributed by atoms with E-state index in [-0.39, 0.29) is 29.8 Å². The summed E-state index contributed by atoms with van der Waals surface area (Å²) in [6, 6.07) is 0.155. The molecule has 2 N–H and O–H groups in total. The van der Waals surface area contributed by atoms with Crippen molar-refractivity contribution in [2.24, 2.45) is 23.2 Å². The van der Waals surface area contributed by atoms with Crippen LogP contribution in [-0.2, 0) is 19.2 Å². The molecule has 0 aromatic heterocycles. The van der Waals surface area contributed by atoms with Crippen LogP contribution in [0.3, 0.4) is 0 Å².